The molecule has 5 rings (SSSR count). The summed E-state index contributed by atoms with van der Waals surface area (Å²) in [5.74, 6) is 1.47. The number of amides is 1. The van der Waals surface area contributed by atoms with Crippen molar-refractivity contribution in [2.45, 2.75) is 38.1 Å². The van der Waals surface area contributed by atoms with E-state index in [1.165, 1.54) is 4.70 Å². The summed E-state index contributed by atoms with van der Waals surface area (Å²) < 4.78 is 8.70. The van der Waals surface area contributed by atoms with Gasteiger partial charge in [0.2, 0.25) is 5.91 Å². The Bertz CT molecular complexity index is 942. The van der Waals surface area contributed by atoms with Crippen LogP contribution in [0.25, 0.3) is 10.3 Å². The zero-order valence-corrected chi connectivity index (χ0v) is 17.3. The topological polar surface area (TPSA) is 76.2 Å². The molecule has 1 saturated heterocycles. The van der Waals surface area contributed by atoms with Crippen LogP contribution in [0.5, 0.6) is 0 Å². The molecule has 3 aromatic heterocycles. The third kappa shape index (κ3) is 4.23. The maximum Gasteiger partial charge on any atom is 0.223 e. The van der Waals surface area contributed by atoms with Gasteiger partial charge in [-0.1, -0.05) is 5.16 Å². The van der Waals surface area contributed by atoms with Gasteiger partial charge in [-0.05, 0) is 56.1 Å². The van der Waals surface area contributed by atoms with Gasteiger partial charge in [0.25, 0.3) is 0 Å². The first-order valence-electron chi connectivity index (χ1n) is 10.6. The lowest BCUT2D eigenvalue weighted by molar-refractivity contribution is -0.122. The molecule has 0 bridgehead atoms. The molecule has 0 spiro atoms. The number of rotatable bonds is 8. The molecule has 0 radical (unpaired) electrons. The minimum atomic E-state index is 0.210. The van der Waals surface area contributed by atoms with Crippen LogP contribution in [-0.4, -0.2) is 51.7 Å². The number of piperidine rings is 1. The molecule has 2 aliphatic rings. The molecule has 1 aliphatic heterocycles. The Morgan fingerprint density at radius 2 is 2.24 bits per heavy atom. The van der Waals surface area contributed by atoms with E-state index in [9.17, 15) is 4.79 Å². The lowest BCUT2D eigenvalue weighted by Crippen LogP contribution is -2.35. The van der Waals surface area contributed by atoms with E-state index in [0.717, 1.165) is 69.7 Å². The monoisotopic (exact) mass is 413 g/mol. The number of imidazole rings is 1. The Balaban J connectivity index is 1.01. The van der Waals surface area contributed by atoms with Crippen LogP contribution in [0.1, 0.15) is 37.3 Å². The maximum absolute atomic E-state index is 12.4. The van der Waals surface area contributed by atoms with E-state index >= 15 is 0 Å². The molecule has 154 valence electrons. The van der Waals surface area contributed by atoms with Crippen LogP contribution >= 0.6 is 11.3 Å². The van der Waals surface area contributed by atoms with Gasteiger partial charge in [0.05, 0.1) is 11.0 Å². The summed E-state index contributed by atoms with van der Waals surface area (Å²) in [6.07, 6.45) is 9.76. The zero-order chi connectivity index (χ0) is 19.6. The average Bonchev–Trinajstić information content (AvgIpc) is 3.13. The van der Waals surface area contributed by atoms with Crippen molar-refractivity contribution in [1.82, 2.24) is 24.9 Å². The molecule has 1 amide bonds. The van der Waals surface area contributed by atoms with Gasteiger partial charge < -0.3 is 19.3 Å². The van der Waals surface area contributed by atoms with Crippen LogP contribution in [-0.2, 0) is 11.3 Å². The van der Waals surface area contributed by atoms with Gasteiger partial charge >= 0.3 is 0 Å². The number of aromatic nitrogens is 3. The number of thiophene rings is 1. The van der Waals surface area contributed by atoms with Crippen molar-refractivity contribution in [3.8, 4) is 0 Å². The van der Waals surface area contributed by atoms with Crippen molar-refractivity contribution < 1.29 is 9.32 Å². The fraction of sp³-hybridized carbons (Fsp3) is 0.571. The summed E-state index contributed by atoms with van der Waals surface area (Å²) in [7, 11) is 0. The van der Waals surface area contributed by atoms with Gasteiger partial charge in [-0.15, -0.1) is 11.3 Å². The molecule has 2 fully saturated rings. The molecule has 1 aliphatic carbocycles. The lowest BCUT2D eigenvalue weighted by Gasteiger charge is -2.31. The van der Waals surface area contributed by atoms with Gasteiger partial charge in [0.1, 0.15) is 5.69 Å². The van der Waals surface area contributed by atoms with Crippen molar-refractivity contribution in [3.63, 3.8) is 0 Å². The molecule has 0 aromatic carbocycles. The molecule has 1 N–H and O–H groups in total. The first-order valence-corrected chi connectivity index (χ1v) is 11.4. The van der Waals surface area contributed by atoms with E-state index in [0.29, 0.717) is 11.8 Å². The second-order valence-corrected chi connectivity index (χ2v) is 9.22. The highest BCUT2D eigenvalue weighted by atomic mass is 32.1. The second kappa shape index (κ2) is 8.28. The van der Waals surface area contributed by atoms with Crippen LogP contribution in [0, 0.1) is 11.8 Å². The Labute approximate surface area is 174 Å². The highest BCUT2D eigenvalue weighted by molar-refractivity contribution is 7.17. The summed E-state index contributed by atoms with van der Waals surface area (Å²) in [5.41, 5.74) is 2.07. The number of carbonyl (C=O) groups excluding carboxylic acids is 1. The number of fused-ring (bicyclic) bond motifs is 1. The van der Waals surface area contributed by atoms with E-state index in [4.69, 9.17) is 4.52 Å². The van der Waals surface area contributed by atoms with E-state index in [2.05, 4.69) is 25.7 Å². The summed E-state index contributed by atoms with van der Waals surface area (Å²) in [6, 6.07) is 2.00. The van der Waals surface area contributed by atoms with Crippen LogP contribution in [0.15, 0.2) is 34.7 Å². The minimum Gasteiger partial charge on any atom is -0.356 e. The standard InChI is InChI=1S/C21H27N5O2S/c27-21(23-5-1-7-26-10-6-22-14-26)17-12-16(17)13-25-8-2-15(3-9-25)19-20-18(28-24-19)4-11-29-20/h4,6,10-11,14-17H,1-3,5,7-9,12-13H2,(H,23,27)/t16-,17+/m0/s1. The Kier molecular flexibility index (Phi) is 5.37. The molecule has 2 atom stereocenters. The second-order valence-electron chi connectivity index (χ2n) is 8.30. The number of nitrogens with zero attached hydrogens (tertiary/aromatic N) is 4. The molecule has 8 heteroatoms. The summed E-state index contributed by atoms with van der Waals surface area (Å²) in [5, 5.41) is 9.50. The lowest BCUT2D eigenvalue weighted by atomic mass is 9.93. The molecule has 7 nitrogen and oxygen atoms in total. The highest BCUT2D eigenvalue weighted by Gasteiger charge is 2.43. The first kappa shape index (κ1) is 18.8. The first-order chi connectivity index (χ1) is 14.3. The van der Waals surface area contributed by atoms with Crippen molar-refractivity contribution in [2.75, 3.05) is 26.2 Å². The molecule has 3 aromatic rings. The van der Waals surface area contributed by atoms with Crippen LogP contribution in [0.3, 0.4) is 0 Å². The van der Waals surface area contributed by atoms with Crippen LogP contribution in [0.4, 0.5) is 0 Å². The van der Waals surface area contributed by atoms with E-state index in [-0.39, 0.29) is 11.8 Å². The Hall–Kier alpha value is -2.19. The number of hydrogen-bond acceptors (Lipinski definition) is 6. The number of aryl methyl sites for hydroxylation is 1. The predicted octanol–water partition coefficient (Wildman–Crippen LogP) is 3.11. The number of nitrogens with one attached hydrogen (secondary N) is 1. The maximum atomic E-state index is 12.4. The normalized spacial score (nSPS) is 22.9. The fourth-order valence-corrected chi connectivity index (χ4v) is 5.34. The molecule has 4 heterocycles. The molecule has 1 saturated carbocycles. The smallest absolute Gasteiger partial charge is 0.223 e. The van der Waals surface area contributed by atoms with Gasteiger partial charge in [0, 0.05) is 43.9 Å². The van der Waals surface area contributed by atoms with E-state index in [1.807, 2.05) is 23.2 Å². The predicted molar refractivity (Wildman–Crippen MR) is 112 cm³/mol. The number of hydrogen-bond donors (Lipinski definition) is 1. The molecule has 29 heavy (non-hydrogen) atoms. The largest absolute Gasteiger partial charge is 0.356 e. The van der Waals surface area contributed by atoms with Crippen molar-refractivity contribution in [1.29, 1.82) is 0 Å². The minimum absolute atomic E-state index is 0.210. The molecular weight excluding hydrogens is 386 g/mol. The van der Waals surface area contributed by atoms with Crippen molar-refractivity contribution >= 4 is 27.5 Å². The third-order valence-electron chi connectivity index (χ3n) is 6.28. The zero-order valence-electron chi connectivity index (χ0n) is 16.5. The van der Waals surface area contributed by atoms with E-state index < -0.39 is 0 Å². The summed E-state index contributed by atoms with van der Waals surface area (Å²) in [6.45, 7) is 4.85. The number of carbonyl (C=O) groups is 1. The molecular formula is C21H27N5O2S. The highest BCUT2D eigenvalue weighted by Crippen LogP contribution is 2.41. The third-order valence-corrected chi connectivity index (χ3v) is 7.20. The average molecular weight is 414 g/mol. The Morgan fingerprint density at radius 1 is 1.34 bits per heavy atom. The summed E-state index contributed by atoms with van der Waals surface area (Å²) >= 11 is 1.73. The van der Waals surface area contributed by atoms with Gasteiger partial charge in [-0.2, -0.15) is 0 Å². The molecule has 0 unspecified atom stereocenters. The van der Waals surface area contributed by atoms with Crippen molar-refractivity contribution in [3.05, 3.63) is 35.9 Å². The fourth-order valence-electron chi connectivity index (χ4n) is 4.47. The SMILES string of the molecule is O=C(NCCCn1ccnc1)[C@@H]1C[C@H]1CN1CCC(c2noc3ccsc23)CC1. The number of likely N-dealkylation sites (tertiary alicyclic amines) is 1. The van der Waals surface area contributed by atoms with Crippen LogP contribution in [0.2, 0.25) is 0 Å². The Morgan fingerprint density at radius 3 is 3.07 bits per heavy atom. The van der Waals surface area contributed by atoms with Crippen LogP contribution < -0.4 is 5.32 Å². The van der Waals surface area contributed by atoms with Crippen molar-refractivity contribution in [2.24, 2.45) is 11.8 Å². The van der Waals surface area contributed by atoms with Gasteiger partial charge in [-0.3, -0.25) is 4.79 Å². The van der Waals surface area contributed by atoms with Gasteiger partial charge in [-0.25, -0.2) is 4.98 Å². The summed E-state index contributed by atoms with van der Waals surface area (Å²) in [4.78, 5) is 18.9. The quantitative estimate of drug-likeness (QED) is 0.574. The van der Waals surface area contributed by atoms with Gasteiger partial charge in [0.15, 0.2) is 5.58 Å². The van der Waals surface area contributed by atoms with E-state index in [1.54, 1.807) is 17.5 Å².